The Morgan fingerprint density at radius 1 is 1.29 bits per heavy atom. The molecule has 2 rings (SSSR count). The van der Waals surface area contributed by atoms with E-state index in [-0.39, 0.29) is 6.04 Å². The molecule has 0 bridgehead atoms. The summed E-state index contributed by atoms with van der Waals surface area (Å²) in [6.45, 7) is 8.41. The highest BCUT2D eigenvalue weighted by Crippen LogP contribution is 2.24. The van der Waals surface area contributed by atoms with E-state index in [9.17, 15) is 0 Å². The third kappa shape index (κ3) is 3.30. The summed E-state index contributed by atoms with van der Waals surface area (Å²) in [5.41, 5.74) is 11.7. The van der Waals surface area contributed by atoms with Gasteiger partial charge in [-0.25, -0.2) is 4.68 Å². The van der Waals surface area contributed by atoms with Crippen LogP contribution >= 0.6 is 11.6 Å². The van der Waals surface area contributed by atoms with E-state index in [4.69, 9.17) is 17.3 Å². The number of benzene rings is 1. The van der Waals surface area contributed by atoms with E-state index in [1.54, 1.807) is 0 Å². The van der Waals surface area contributed by atoms with Crippen molar-refractivity contribution in [2.75, 3.05) is 0 Å². The Morgan fingerprint density at radius 3 is 2.52 bits per heavy atom. The molecule has 114 valence electrons. The highest BCUT2D eigenvalue weighted by molar-refractivity contribution is 6.31. The van der Waals surface area contributed by atoms with Crippen LogP contribution < -0.4 is 5.73 Å². The maximum absolute atomic E-state index is 6.42. The number of halogens is 1. The fourth-order valence-electron chi connectivity index (χ4n) is 2.70. The van der Waals surface area contributed by atoms with E-state index in [2.05, 4.69) is 44.9 Å². The molecule has 1 heterocycles. The second-order valence-corrected chi connectivity index (χ2v) is 5.97. The Hall–Kier alpha value is -1.32. The largest absolute Gasteiger partial charge is 0.327 e. The van der Waals surface area contributed by atoms with Gasteiger partial charge in [0, 0.05) is 16.8 Å². The molecule has 0 radical (unpaired) electrons. The van der Waals surface area contributed by atoms with Gasteiger partial charge < -0.3 is 5.73 Å². The maximum Gasteiger partial charge on any atom is 0.0663 e. The number of nitrogens with two attached hydrogens (primary N) is 1. The van der Waals surface area contributed by atoms with Crippen LogP contribution in [-0.2, 0) is 12.8 Å². The minimum absolute atomic E-state index is 0.161. The molecule has 0 aliphatic heterocycles. The lowest BCUT2D eigenvalue weighted by Gasteiger charge is -2.12. The van der Waals surface area contributed by atoms with Crippen LogP contribution in [0.4, 0.5) is 0 Å². The Balaban J connectivity index is 2.36. The lowest BCUT2D eigenvalue weighted by molar-refractivity contribution is 0.646. The molecule has 0 amide bonds. The molecule has 1 unspecified atom stereocenters. The summed E-state index contributed by atoms with van der Waals surface area (Å²) in [6.07, 6.45) is 2.76. The van der Waals surface area contributed by atoms with Gasteiger partial charge in [-0.1, -0.05) is 31.5 Å². The van der Waals surface area contributed by atoms with Gasteiger partial charge in [0.2, 0.25) is 0 Å². The number of aromatic nitrogens is 2. The van der Waals surface area contributed by atoms with Gasteiger partial charge in [0.05, 0.1) is 11.4 Å². The van der Waals surface area contributed by atoms with Crippen molar-refractivity contribution >= 4 is 11.6 Å². The SMILES string of the molecule is CCc1c(C)nn(-c2ccc(CC(N)CC)c(Cl)c2)c1C. The second-order valence-electron chi connectivity index (χ2n) is 5.56. The van der Waals surface area contributed by atoms with Gasteiger partial charge in [0.25, 0.3) is 0 Å². The number of aryl methyl sites for hydroxylation is 1. The van der Waals surface area contributed by atoms with Crippen LogP contribution in [0.2, 0.25) is 5.02 Å². The third-order valence-electron chi connectivity index (χ3n) is 4.08. The van der Waals surface area contributed by atoms with E-state index in [0.29, 0.717) is 0 Å². The normalized spacial score (nSPS) is 12.7. The summed E-state index contributed by atoms with van der Waals surface area (Å²) < 4.78 is 1.98. The van der Waals surface area contributed by atoms with E-state index in [0.717, 1.165) is 41.2 Å². The lowest BCUT2D eigenvalue weighted by Crippen LogP contribution is -2.21. The average molecular weight is 306 g/mol. The Labute approximate surface area is 132 Å². The van der Waals surface area contributed by atoms with Gasteiger partial charge in [-0.3, -0.25) is 0 Å². The highest BCUT2D eigenvalue weighted by atomic mass is 35.5. The number of nitrogens with zero attached hydrogens (tertiary/aromatic N) is 2. The first-order chi connectivity index (χ1) is 9.97. The molecule has 2 aromatic rings. The molecule has 1 aromatic carbocycles. The van der Waals surface area contributed by atoms with Crippen molar-refractivity contribution in [2.24, 2.45) is 5.73 Å². The first-order valence-electron chi connectivity index (χ1n) is 7.57. The van der Waals surface area contributed by atoms with E-state index < -0.39 is 0 Å². The minimum atomic E-state index is 0.161. The predicted molar refractivity (Wildman–Crippen MR) is 89.4 cm³/mol. The molecule has 3 nitrogen and oxygen atoms in total. The van der Waals surface area contributed by atoms with Gasteiger partial charge in [0.15, 0.2) is 0 Å². The molecule has 0 aliphatic carbocycles. The number of hydrogen-bond acceptors (Lipinski definition) is 2. The second kappa shape index (κ2) is 6.63. The van der Waals surface area contributed by atoms with Crippen LogP contribution in [-0.4, -0.2) is 15.8 Å². The molecule has 2 N–H and O–H groups in total. The molecule has 0 fully saturated rings. The highest BCUT2D eigenvalue weighted by Gasteiger charge is 2.13. The van der Waals surface area contributed by atoms with Gasteiger partial charge in [-0.15, -0.1) is 0 Å². The first kappa shape index (κ1) is 16.1. The summed E-state index contributed by atoms with van der Waals surface area (Å²) in [6, 6.07) is 6.28. The van der Waals surface area contributed by atoms with Crippen LogP contribution in [0.3, 0.4) is 0 Å². The van der Waals surface area contributed by atoms with Gasteiger partial charge in [0.1, 0.15) is 0 Å². The molecule has 1 aromatic heterocycles. The molecule has 0 spiro atoms. The van der Waals surface area contributed by atoms with E-state index in [1.807, 2.05) is 10.7 Å². The summed E-state index contributed by atoms with van der Waals surface area (Å²) in [7, 11) is 0. The Kier molecular flexibility index (Phi) is 5.07. The topological polar surface area (TPSA) is 43.8 Å². The molecule has 4 heteroatoms. The van der Waals surface area contributed by atoms with Crippen molar-refractivity contribution in [1.82, 2.24) is 9.78 Å². The summed E-state index contributed by atoms with van der Waals surface area (Å²) in [4.78, 5) is 0. The van der Waals surface area contributed by atoms with Crippen LogP contribution in [0.1, 0.15) is 42.8 Å². The van der Waals surface area contributed by atoms with Crippen molar-refractivity contribution in [2.45, 2.75) is 53.0 Å². The van der Waals surface area contributed by atoms with Crippen LogP contribution in [0.25, 0.3) is 5.69 Å². The van der Waals surface area contributed by atoms with Gasteiger partial charge in [-0.05, 0) is 56.4 Å². The lowest BCUT2D eigenvalue weighted by atomic mass is 10.0. The van der Waals surface area contributed by atoms with E-state index >= 15 is 0 Å². The fraction of sp³-hybridized carbons (Fsp3) is 0.471. The molecule has 0 saturated carbocycles. The smallest absolute Gasteiger partial charge is 0.0663 e. The van der Waals surface area contributed by atoms with Crippen molar-refractivity contribution in [3.8, 4) is 5.69 Å². The van der Waals surface area contributed by atoms with Crippen LogP contribution in [0.5, 0.6) is 0 Å². The van der Waals surface area contributed by atoms with Gasteiger partial charge in [-0.2, -0.15) is 5.10 Å². The van der Waals surface area contributed by atoms with Crippen molar-refractivity contribution < 1.29 is 0 Å². The molecule has 0 saturated heterocycles. The van der Waals surface area contributed by atoms with E-state index in [1.165, 1.54) is 11.3 Å². The van der Waals surface area contributed by atoms with Crippen LogP contribution in [0, 0.1) is 13.8 Å². The minimum Gasteiger partial charge on any atom is -0.327 e. The third-order valence-corrected chi connectivity index (χ3v) is 4.43. The zero-order valence-electron chi connectivity index (χ0n) is 13.3. The summed E-state index contributed by atoms with van der Waals surface area (Å²) in [5.74, 6) is 0. The predicted octanol–water partition coefficient (Wildman–Crippen LogP) is 3.98. The van der Waals surface area contributed by atoms with Crippen molar-refractivity contribution in [1.29, 1.82) is 0 Å². The Bertz CT molecular complexity index is 631. The summed E-state index contributed by atoms with van der Waals surface area (Å²) >= 11 is 6.42. The Morgan fingerprint density at radius 2 is 2.00 bits per heavy atom. The first-order valence-corrected chi connectivity index (χ1v) is 7.95. The summed E-state index contributed by atoms with van der Waals surface area (Å²) in [5, 5.41) is 5.40. The zero-order chi connectivity index (χ0) is 15.6. The quantitative estimate of drug-likeness (QED) is 0.908. The zero-order valence-corrected chi connectivity index (χ0v) is 14.0. The molecule has 0 aliphatic rings. The standard InChI is InChI=1S/C17H24ClN3/c1-5-14(19)9-13-7-8-15(10-17(13)18)21-12(4)16(6-2)11(3)20-21/h7-8,10,14H,5-6,9,19H2,1-4H3. The number of hydrogen-bond donors (Lipinski definition) is 1. The molecular weight excluding hydrogens is 282 g/mol. The van der Waals surface area contributed by atoms with Crippen LogP contribution in [0.15, 0.2) is 18.2 Å². The number of rotatable bonds is 5. The van der Waals surface area contributed by atoms with Crippen molar-refractivity contribution in [3.05, 3.63) is 45.7 Å². The maximum atomic E-state index is 6.42. The monoisotopic (exact) mass is 305 g/mol. The average Bonchev–Trinajstić information content (AvgIpc) is 2.75. The fourth-order valence-corrected chi connectivity index (χ4v) is 2.95. The molecule has 1 atom stereocenters. The van der Waals surface area contributed by atoms with Gasteiger partial charge >= 0.3 is 0 Å². The molecule has 21 heavy (non-hydrogen) atoms. The van der Waals surface area contributed by atoms with Crippen molar-refractivity contribution in [3.63, 3.8) is 0 Å². The molecular formula is C17H24ClN3.